The number of nitrogens with one attached hydrogen (secondary N) is 2. The summed E-state index contributed by atoms with van der Waals surface area (Å²) in [7, 11) is 3.58. The van der Waals surface area contributed by atoms with Gasteiger partial charge in [0.05, 0.1) is 6.54 Å². The zero-order valence-corrected chi connectivity index (χ0v) is 14.6. The lowest BCUT2D eigenvalue weighted by Crippen LogP contribution is -2.47. The van der Waals surface area contributed by atoms with Crippen LogP contribution in [0.2, 0.25) is 0 Å². The molecule has 6 heteroatoms. The van der Waals surface area contributed by atoms with Crippen molar-refractivity contribution in [2.45, 2.75) is 44.6 Å². The quantitative estimate of drug-likeness (QED) is 0.744. The van der Waals surface area contributed by atoms with Gasteiger partial charge in [0.15, 0.2) is 0 Å². The molecule has 2 N–H and O–H groups in total. The van der Waals surface area contributed by atoms with Gasteiger partial charge in [0.2, 0.25) is 11.8 Å². The van der Waals surface area contributed by atoms with Crippen LogP contribution < -0.4 is 10.6 Å². The van der Waals surface area contributed by atoms with Gasteiger partial charge in [-0.3, -0.25) is 14.5 Å². The second kappa shape index (κ2) is 9.23. The smallest absolute Gasteiger partial charge is 0.236 e. The standard InChI is InChI=1S/C17H32N4O2/c1-20(2)17(23)13-21-11-7-15(8-12-21)19-16(22)4-3-14-5-9-18-10-6-14/h14-15,18H,3-13H2,1-2H3,(H,19,22). The molecule has 2 aliphatic rings. The Morgan fingerprint density at radius 1 is 1.13 bits per heavy atom. The molecule has 0 saturated carbocycles. The Labute approximate surface area is 140 Å². The highest BCUT2D eigenvalue weighted by atomic mass is 16.2. The topological polar surface area (TPSA) is 64.7 Å². The van der Waals surface area contributed by atoms with Crippen molar-refractivity contribution in [3.05, 3.63) is 0 Å². The minimum absolute atomic E-state index is 0.148. The summed E-state index contributed by atoms with van der Waals surface area (Å²) in [6, 6.07) is 0.279. The summed E-state index contributed by atoms with van der Waals surface area (Å²) in [5.41, 5.74) is 0. The number of likely N-dealkylation sites (tertiary alicyclic amines) is 1. The first-order valence-corrected chi connectivity index (χ1v) is 8.97. The van der Waals surface area contributed by atoms with Crippen LogP contribution in [-0.2, 0) is 9.59 Å². The molecule has 0 radical (unpaired) electrons. The average Bonchev–Trinajstić information content (AvgIpc) is 2.55. The van der Waals surface area contributed by atoms with E-state index in [2.05, 4.69) is 15.5 Å². The molecule has 2 fully saturated rings. The molecular formula is C17H32N4O2. The monoisotopic (exact) mass is 324 g/mol. The van der Waals surface area contributed by atoms with Crippen LogP contribution in [0.1, 0.15) is 38.5 Å². The molecule has 2 amide bonds. The molecule has 0 aliphatic carbocycles. The maximum absolute atomic E-state index is 12.1. The molecule has 0 aromatic rings. The summed E-state index contributed by atoms with van der Waals surface area (Å²) in [4.78, 5) is 27.6. The van der Waals surface area contributed by atoms with Gasteiger partial charge in [-0.1, -0.05) is 0 Å². The number of amides is 2. The fourth-order valence-corrected chi connectivity index (χ4v) is 3.37. The number of hydrogen-bond acceptors (Lipinski definition) is 4. The number of likely N-dealkylation sites (N-methyl/N-ethyl adjacent to an activating group) is 1. The Hall–Kier alpha value is -1.14. The van der Waals surface area contributed by atoms with E-state index in [1.165, 1.54) is 12.8 Å². The van der Waals surface area contributed by atoms with Gasteiger partial charge in [-0.25, -0.2) is 0 Å². The van der Waals surface area contributed by atoms with Gasteiger partial charge in [-0.15, -0.1) is 0 Å². The Bertz CT molecular complexity index is 386. The number of carbonyl (C=O) groups excluding carboxylic acids is 2. The number of rotatable bonds is 6. The lowest BCUT2D eigenvalue weighted by Gasteiger charge is -2.32. The number of piperidine rings is 2. The number of nitrogens with zero attached hydrogens (tertiary/aromatic N) is 2. The second-order valence-electron chi connectivity index (χ2n) is 7.14. The summed E-state index contributed by atoms with van der Waals surface area (Å²) < 4.78 is 0. The fraction of sp³-hybridized carbons (Fsp3) is 0.882. The molecule has 23 heavy (non-hydrogen) atoms. The van der Waals surface area contributed by atoms with Crippen LogP contribution in [0.3, 0.4) is 0 Å². The Kier molecular flexibility index (Phi) is 7.30. The second-order valence-corrected chi connectivity index (χ2v) is 7.14. The summed E-state index contributed by atoms with van der Waals surface area (Å²) in [5.74, 6) is 1.06. The Balaban J connectivity index is 1.59. The van der Waals surface area contributed by atoms with Crippen molar-refractivity contribution in [3.8, 4) is 0 Å². The highest BCUT2D eigenvalue weighted by Crippen LogP contribution is 2.18. The Morgan fingerprint density at radius 3 is 2.39 bits per heavy atom. The molecule has 0 bridgehead atoms. The third-order valence-corrected chi connectivity index (χ3v) is 5.05. The molecule has 0 atom stereocenters. The van der Waals surface area contributed by atoms with Crippen molar-refractivity contribution in [1.82, 2.24) is 20.4 Å². The van der Waals surface area contributed by atoms with E-state index < -0.39 is 0 Å². The van der Waals surface area contributed by atoms with E-state index in [0.717, 1.165) is 45.4 Å². The van der Waals surface area contributed by atoms with Crippen molar-refractivity contribution in [2.24, 2.45) is 5.92 Å². The normalized spacial score (nSPS) is 21.1. The molecule has 2 heterocycles. The lowest BCUT2D eigenvalue weighted by molar-refractivity contribution is -0.130. The van der Waals surface area contributed by atoms with Crippen LogP contribution in [0.15, 0.2) is 0 Å². The third kappa shape index (κ3) is 6.47. The van der Waals surface area contributed by atoms with Gasteiger partial charge in [-0.05, 0) is 51.1 Å². The van der Waals surface area contributed by atoms with Crippen molar-refractivity contribution in [1.29, 1.82) is 0 Å². The predicted octanol–water partition coefficient (Wildman–Crippen LogP) is 0.435. The largest absolute Gasteiger partial charge is 0.353 e. The first-order valence-electron chi connectivity index (χ1n) is 8.97. The zero-order valence-electron chi connectivity index (χ0n) is 14.6. The molecular weight excluding hydrogens is 292 g/mol. The number of carbonyl (C=O) groups is 2. The summed E-state index contributed by atoms with van der Waals surface area (Å²) in [6.07, 6.45) is 5.96. The van der Waals surface area contributed by atoms with E-state index in [1.807, 2.05) is 0 Å². The molecule has 2 saturated heterocycles. The van der Waals surface area contributed by atoms with Gasteiger partial charge < -0.3 is 15.5 Å². The summed E-state index contributed by atoms with van der Waals surface area (Å²) in [6.45, 7) is 4.45. The van der Waals surface area contributed by atoms with E-state index in [4.69, 9.17) is 0 Å². The van der Waals surface area contributed by atoms with Crippen LogP contribution in [0.5, 0.6) is 0 Å². The van der Waals surface area contributed by atoms with E-state index in [-0.39, 0.29) is 17.9 Å². The van der Waals surface area contributed by atoms with E-state index in [1.54, 1.807) is 19.0 Å². The summed E-state index contributed by atoms with van der Waals surface area (Å²) >= 11 is 0. The first kappa shape index (κ1) is 18.2. The van der Waals surface area contributed by atoms with Gasteiger partial charge >= 0.3 is 0 Å². The molecule has 0 unspecified atom stereocenters. The van der Waals surface area contributed by atoms with E-state index in [0.29, 0.717) is 18.9 Å². The fourth-order valence-electron chi connectivity index (χ4n) is 3.37. The minimum Gasteiger partial charge on any atom is -0.353 e. The maximum Gasteiger partial charge on any atom is 0.236 e. The molecule has 0 aromatic carbocycles. The van der Waals surface area contributed by atoms with Crippen molar-refractivity contribution in [2.75, 3.05) is 46.8 Å². The highest BCUT2D eigenvalue weighted by molar-refractivity contribution is 5.77. The van der Waals surface area contributed by atoms with Gasteiger partial charge in [0.1, 0.15) is 0 Å². The maximum atomic E-state index is 12.1. The van der Waals surface area contributed by atoms with E-state index in [9.17, 15) is 9.59 Å². The molecule has 2 aliphatic heterocycles. The summed E-state index contributed by atoms with van der Waals surface area (Å²) in [5, 5.41) is 6.54. The third-order valence-electron chi connectivity index (χ3n) is 5.05. The van der Waals surface area contributed by atoms with Crippen molar-refractivity contribution < 1.29 is 9.59 Å². The molecule has 0 aromatic heterocycles. The molecule has 132 valence electrons. The molecule has 2 rings (SSSR count). The lowest BCUT2D eigenvalue weighted by atomic mass is 9.93. The molecule has 0 spiro atoms. The van der Waals surface area contributed by atoms with Crippen LogP contribution >= 0.6 is 0 Å². The Morgan fingerprint density at radius 2 is 1.78 bits per heavy atom. The van der Waals surface area contributed by atoms with E-state index >= 15 is 0 Å². The van der Waals surface area contributed by atoms with Crippen LogP contribution in [-0.4, -0.2) is 74.5 Å². The zero-order chi connectivity index (χ0) is 16.7. The van der Waals surface area contributed by atoms with Gasteiger partial charge in [0.25, 0.3) is 0 Å². The van der Waals surface area contributed by atoms with Gasteiger partial charge in [0, 0.05) is 39.6 Å². The predicted molar refractivity (Wildman–Crippen MR) is 91.1 cm³/mol. The highest BCUT2D eigenvalue weighted by Gasteiger charge is 2.23. The van der Waals surface area contributed by atoms with Crippen molar-refractivity contribution >= 4 is 11.8 Å². The first-order chi connectivity index (χ1) is 11.0. The van der Waals surface area contributed by atoms with Crippen LogP contribution in [0.25, 0.3) is 0 Å². The van der Waals surface area contributed by atoms with Crippen molar-refractivity contribution in [3.63, 3.8) is 0 Å². The van der Waals surface area contributed by atoms with Crippen LogP contribution in [0.4, 0.5) is 0 Å². The van der Waals surface area contributed by atoms with Crippen LogP contribution in [0, 0.1) is 5.92 Å². The molecule has 6 nitrogen and oxygen atoms in total. The number of hydrogen-bond donors (Lipinski definition) is 2. The van der Waals surface area contributed by atoms with Gasteiger partial charge in [-0.2, -0.15) is 0 Å². The SMILES string of the molecule is CN(C)C(=O)CN1CCC(NC(=O)CCC2CCNCC2)CC1. The average molecular weight is 324 g/mol. The minimum atomic E-state index is 0.148.